The Hall–Kier alpha value is -3.15. The van der Waals surface area contributed by atoms with Gasteiger partial charge >= 0.3 is 6.09 Å². The molecule has 2 atom stereocenters. The van der Waals surface area contributed by atoms with Crippen LogP contribution in [0.2, 0.25) is 0 Å². The minimum Gasteiger partial charge on any atom is -0.507 e. The molecular weight excluding hydrogens is 544 g/mol. The molecule has 4 fully saturated rings. The van der Waals surface area contributed by atoms with Gasteiger partial charge < -0.3 is 35.1 Å². The van der Waals surface area contributed by atoms with Crippen molar-refractivity contribution in [2.75, 3.05) is 82.2 Å². The first kappa shape index (κ1) is 28.6. The standard InChI is InChI=1S/C32H46N8O3/c41-30-6-2-1-5-27(30)28-18-29-31(35-34-28)33-19-26-22-38(16-17-40(26)29)25-9-14-37(15-10-25)24-7-12-36(13-8-24)20-23-4-3-11-39(21-23)32(42)43/h1-2,5-6,18,23-26,41H,3-4,7-17,19-22H2,(H,33,35)(H,42,43)/t23-,26+/m1/s1. The van der Waals surface area contributed by atoms with E-state index in [0.717, 1.165) is 70.2 Å². The van der Waals surface area contributed by atoms with Crippen molar-refractivity contribution in [3.63, 3.8) is 0 Å². The van der Waals surface area contributed by atoms with Gasteiger partial charge in [-0.05, 0) is 88.8 Å². The first-order valence-electron chi connectivity index (χ1n) is 16.4. The van der Waals surface area contributed by atoms with Gasteiger partial charge in [-0.15, -0.1) is 10.2 Å². The molecule has 1 amide bonds. The predicted molar refractivity (Wildman–Crippen MR) is 167 cm³/mol. The second-order valence-corrected chi connectivity index (χ2v) is 13.2. The molecule has 4 saturated heterocycles. The highest BCUT2D eigenvalue weighted by Crippen LogP contribution is 2.37. The van der Waals surface area contributed by atoms with E-state index in [1.54, 1.807) is 11.0 Å². The molecule has 11 heteroatoms. The maximum atomic E-state index is 11.4. The van der Waals surface area contributed by atoms with Crippen LogP contribution in [0.3, 0.4) is 0 Å². The van der Waals surface area contributed by atoms with E-state index < -0.39 is 6.09 Å². The molecule has 0 aliphatic carbocycles. The summed E-state index contributed by atoms with van der Waals surface area (Å²) in [6, 6.07) is 11.1. The monoisotopic (exact) mass is 590 g/mol. The molecule has 7 rings (SSSR count). The normalized spacial score (nSPS) is 26.5. The number of aromatic hydroxyl groups is 1. The molecule has 0 saturated carbocycles. The molecule has 5 aliphatic heterocycles. The van der Waals surface area contributed by atoms with Crippen molar-refractivity contribution < 1.29 is 15.0 Å². The lowest BCUT2D eigenvalue weighted by Gasteiger charge is -2.50. The molecule has 11 nitrogen and oxygen atoms in total. The average molecular weight is 591 g/mol. The second-order valence-electron chi connectivity index (χ2n) is 13.2. The van der Waals surface area contributed by atoms with Gasteiger partial charge in [0.1, 0.15) is 5.75 Å². The lowest BCUT2D eigenvalue weighted by atomic mass is 9.94. The van der Waals surface area contributed by atoms with Crippen LogP contribution in [0.5, 0.6) is 5.75 Å². The van der Waals surface area contributed by atoms with Crippen LogP contribution in [-0.4, -0.2) is 136 Å². The summed E-state index contributed by atoms with van der Waals surface area (Å²) >= 11 is 0. The van der Waals surface area contributed by atoms with Crippen LogP contribution in [0, 0.1) is 5.92 Å². The zero-order chi connectivity index (χ0) is 29.3. The number of fused-ring (bicyclic) bond motifs is 3. The van der Waals surface area contributed by atoms with Crippen molar-refractivity contribution >= 4 is 17.6 Å². The van der Waals surface area contributed by atoms with Gasteiger partial charge in [0.2, 0.25) is 0 Å². The van der Waals surface area contributed by atoms with E-state index in [4.69, 9.17) is 0 Å². The first-order valence-corrected chi connectivity index (χ1v) is 16.4. The number of nitrogens with zero attached hydrogens (tertiary/aromatic N) is 7. The number of carbonyl (C=O) groups is 1. The van der Waals surface area contributed by atoms with Gasteiger partial charge in [0.25, 0.3) is 0 Å². The van der Waals surface area contributed by atoms with Crippen molar-refractivity contribution in [3.8, 4) is 17.0 Å². The van der Waals surface area contributed by atoms with Gasteiger partial charge in [-0.1, -0.05) is 12.1 Å². The summed E-state index contributed by atoms with van der Waals surface area (Å²) in [5.74, 6) is 1.55. The number of amides is 1. The van der Waals surface area contributed by atoms with E-state index in [0.29, 0.717) is 48.4 Å². The van der Waals surface area contributed by atoms with E-state index in [9.17, 15) is 15.0 Å². The highest BCUT2D eigenvalue weighted by atomic mass is 16.4. The Morgan fingerprint density at radius 2 is 1.63 bits per heavy atom. The van der Waals surface area contributed by atoms with Crippen molar-refractivity contribution in [1.82, 2.24) is 29.8 Å². The Balaban J connectivity index is 0.885. The third-order valence-electron chi connectivity index (χ3n) is 10.7. The lowest BCUT2D eigenvalue weighted by molar-refractivity contribution is 0.0421. The van der Waals surface area contributed by atoms with E-state index >= 15 is 0 Å². The SMILES string of the molecule is O=C(O)N1CCC[C@H](CN2CCC(N3CCC(N4CCN5c6cc(-c7ccccc7O)nnc6NC[C@H]5C4)CC3)CC2)C1. The van der Waals surface area contributed by atoms with E-state index in [2.05, 4.69) is 41.2 Å². The maximum absolute atomic E-state index is 11.4. The topological polar surface area (TPSA) is 112 Å². The number of likely N-dealkylation sites (tertiary alicyclic amines) is 3. The van der Waals surface area contributed by atoms with Crippen LogP contribution < -0.4 is 10.2 Å². The van der Waals surface area contributed by atoms with Gasteiger partial charge in [0.15, 0.2) is 5.82 Å². The van der Waals surface area contributed by atoms with Crippen molar-refractivity contribution in [2.24, 2.45) is 5.92 Å². The Morgan fingerprint density at radius 3 is 2.42 bits per heavy atom. The first-order chi connectivity index (χ1) is 21.0. The number of benzene rings is 1. The zero-order valence-corrected chi connectivity index (χ0v) is 25.2. The number of rotatable bonds is 5. The minimum absolute atomic E-state index is 0.229. The number of anilines is 2. The van der Waals surface area contributed by atoms with E-state index in [1.165, 1.54) is 38.8 Å². The van der Waals surface area contributed by atoms with Gasteiger partial charge in [-0.2, -0.15) is 0 Å². The number of para-hydroxylation sites is 1. The zero-order valence-electron chi connectivity index (χ0n) is 25.2. The highest BCUT2D eigenvalue weighted by Gasteiger charge is 2.37. The minimum atomic E-state index is -0.761. The van der Waals surface area contributed by atoms with Crippen LogP contribution in [0.25, 0.3) is 11.3 Å². The van der Waals surface area contributed by atoms with Gasteiger partial charge in [0, 0.05) is 63.5 Å². The third kappa shape index (κ3) is 6.12. The number of hydrogen-bond acceptors (Lipinski definition) is 9. The third-order valence-corrected chi connectivity index (χ3v) is 10.7. The quantitative estimate of drug-likeness (QED) is 0.481. The fraction of sp³-hybridized carbons (Fsp3) is 0.656. The molecule has 232 valence electrons. The number of aromatic nitrogens is 2. The number of nitrogens with one attached hydrogen (secondary N) is 1. The van der Waals surface area contributed by atoms with Gasteiger partial charge in [-0.25, -0.2) is 4.79 Å². The van der Waals surface area contributed by atoms with Crippen LogP contribution in [-0.2, 0) is 0 Å². The molecule has 1 aromatic carbocycles. The summed E-state index contributed by atoms with van der Waals surface area (Å²) in [6.07, 6.45) is 6.35. The number of piperazine rings is 1. The fourth-order valence-corrected chi connectivity index (χ4v) is 8.30. The molecule has 0 unspecified atom stereocenters. The molecule has 0 radical (unpaired) electrons. The average Bonchev–Trinajstić information content (AvgIpc) is 3.05. The molecule has 0 bridgehead atoms. The number of phenolic OH excluding ortho intramolecular Hbond substituents is 1. The summed E-state index contributed by atoms with van der Waals surface area (Å²) in [7, 11) is 0. The van der Waals surface area contributed by atoms with E-state index in [-0.39, 0.29) is 5.75 Å². The maximum Gasteiger partial charge on any atom is 0.407 e. The Morgan fingerprint density at radius 1 is 0.860 bits per heavy atom. The summed E-state index contributed by atoms with van der Waals surface area (Å²) in [5.41, 5.74) is 2.51. The molecule has 2 aromatic rings. The van der Waals surface area contributed by atoms with Crippen LogP contribution >= 0.6 is 0 Å². The molecule has 1 aromatic heterocycles. The van der Waals surface area contributed by atoms with Crippen molar-refractivity contribution in [1.29, 1.82) is 0 Å². The van der Waals surface area contributed by atoms with E-state index in [1.807, 2.05) is 18.2 Å². The molecular formula is C32H46N8O3. The molecule has 0 spiro atoms. The molecule has 3 N–H and O–H groups in total. The Labute approximate surface area is 254 Å². The highest BCUT2D eigenvalue weighted by molar-refractivity contribution is 5.76. The smallest absolute Gasteiger partial charge is 0.407 e. The fourth-order valence-electron chi connectivity index (χ4n) is 8.30. The molecule has 5 aliphatic rings. The summed E-state index contributed by atoms with van der Waals surface area (Å²) in [6.45, 7) is 11.1. The van der Waals surface area contributed by atoms with Crippen molar-refractivity contribution in [2.45, 2.75) is 56.7 Å². The molecule has 43 heavy (non-hydrogen) atoms. The largest absolute Gasteiger partial charge is 0.507 e. The number of phenols is 1. The lowest BCUT2D eigenvalue weighted by Crippen LogP contribution is -2.61. The predicted octanol–water partition coefficient (Wildman–Crippen LogP) is 3.08. The van der Waals surface area contributed by atoms with Crippen LogP contribution in [0.1, 0.15) is 38.5 Å². The summed E-state index contributed by atoms with van der Waals surface area (Å²) in [4.78, 5) is 23.6. The Kier molecular flexibility index (Phi) is 8.29. The Bertz CT molecular complexity index is 1280. The molecule has 6 heterocycles. The van der Waals surface area contributed by atoms with Crippen LogP contribution in [0.15, 0.2) is 30.3 Å². The van der Waals surface area contributed by atoms with Gasteiger partial charge in [-0.3, -0.25) is 4.90 Å². The summed E-state index contributed by atoms with van der Waals surface area (Å²) < 4.78 is 0. The summed E-state index contributed by atoms with van der Waals surface area (Å²) in [5, 5.41) is 32.1. The number of carboxylic acid groups (broad SMARTS) is 1. The van der Waals surface area contributed by atoms with Crippen molar-refractivity contribution in [3.05, 3.63) is 30.3 Å². The number of hydrogen-bond donors (Lipinski definition) is 3. The van der Waals surface area contributed by atoms with Crippen LogP contribution in [0.4, 0.5) is 16.3 Å². The number of piperidine rings is 3. The van der Waals surface area contributed by atoms with Gasteiger partial charge in [0.05, 0.1) is 17.4 Å². The second kappa shape index (κ2) is 12.5.